The molecular weight excluding hydrogens is 383 g/mol. The Bertz CT molecular complexity index is 1130. The van der Waals surface area contributed by atoms with E-state index in [1.54, 1.807) is 61.0 Å². The number of hydrogen-bond donors (Lipinski definition) is 0. The standard InChI is InChI=1S/C22H18F3NO3/c1-3-28-20(27)16-12-14-8-4-7-11-19(14)29-21(16,22(23,24)25)17-13-26(2)18-10-6-5-9-15(17)18/h4-13H,3H2,1-2H3. The second-order valence-electron chi connectivity index (χ2n) is 6.77. The van der Waals surface area contributed by atoms with E-state index < -0.39 is 23.3 Å². The highest BCUT2D eigenvalue weighted by Gasteiger charge is 2.65. The number of rotatable bonds is 3. The van der Waals surface area contributed by atoms with Crippen LogP contribution in [0.4, 0.5) is 13.2 Å². The summed E-state index contributed by atoms with van der Waals surface area (Å²) in [4.78, 5) is 12.7. The molecule has 0 bridgehead atoms. The summed E-state index contributed by atoms with van der Waals surface area (Å²) >= 11 is 0. The van der Waals surface area contributed by atoms with Gasteiger partial charge < -0.3 is 14.0 Å². The summed E-state index contributed by atoms with van der Waals surface area (Å²) in [6, 6.07) is 13.0. The molecule has 0 N–H and O–H groups in total. The fourth-order valence-corrected chi connectivity index (χ4v) is 3.77. The van der Waals surface area contributed by atoms with Gasteiger partial charge in [0, 0.05) is 35.3 Å². The van der Waals surface area contributed by atoms with Crippen molar-refractivity contribution in [2.45, 2.75) is 18.7 Å². The largest absolute Gasteiger partial charge is 0.467 e. The molecule has 0 radical (unpaired) electrons. The van der Waals surface area contributed by atoms with Crippen LogP contribution >= 0.6 is 0 Å². The van der Waals surface area contributed by atoms with Gasteiger partial charge in [-0.05, 0) is 25.1 Å². The fraction of sp³-hybridized carbons (Fsp3) is 0.227. The maximum atomic E-state index is 14.8. The Morgan fingerprint density at radius 1 is 1.14 bits per heavy atom. The first-order valence-corrected chi connectivity index (χ1v) is 9.08. The smallest absolute Gasteiger partial charge is 0.437 e. The molecule has 2 aromatic carbocycles. The molecule has 0 amide bonds. The average Bonchev–Trinajstić information content (AvgIpc) is 3.03. The van der Waals surface area contributed by atoms with E-state index in [0.29, 0.717) is 16.5 Å². The molecule has 0 fully saturated rings. The number of ether oxygens (including phenoxy) is 2. The van der Waals surface area contributed by atoms with Gasteiger partial charge >= 0.3 is 12.1 Å². The van der Waals surface area contributed by atoms with E-state index >= 15 is 0 Å². The van der Waals surface area contributed by atoms with Crippen molar-refractivity contribution in [3.8, 4) is 5.75 Å². The van der Waals surface area contributed by atoms with Crippen molar-refractivity contribution in [2.75, 3.05) is 6.61 Å². The summed E-state index contributed by atoms with van der Waals surface area (Å²) in [6.07, 6.45) is -2.35. The number of carbonyl (C=O) groups excluding carboxylic acids is 1. The Morgan fingerprint density at radius 2 is 1.83 bits per heavy atom. The van der Waals surface area contributed by atoms with E-state index in [1.165, 1.54) is 18.3 Å². The van der Waals surface area contributed by atoms with Crippen LogP contribution in [0.1, 0.15) is 18.1 Å². The molecule has 1 unspecified atom stereocenters. The van der Waals surface area contributed by atoms with Crippen molar-refractivity contribution >= 4 is 22.9 Å². The lowest BCUT2D eigenvalue weighted by molar-refractivity contribution is -0.240. The maximum Gasteiger partial charge on any atom is 0.437 e. The third-order valence-corrected chi connectivity index (χ3v) is 5.03. The van der Waals surface area contributed by atoms with Crippen molar-refractivity contribution in [3.63, 3.8) is 0 Å². The van der Waals surface area contributed by atoms with E-state index in [2.05, 4.69) is 0 Å². The van der Waals surface area contributed by atoms with Crippen LogP contribution in [0.15, 0.2) is 60.3 Å². The molecule has 3 aromatic rings. The van der Waals surface area contributed by atoms with Crippen molar-refractivity contribution < 1.29 is 27.4 Å². The topological polar surface area (TPSA) is 40.5 Å². The molecule has 1 atom stereocenters. The molecular formula is C22H18F3NO3. The van der Waals surface area contributed by atoms with Crippen LogP contribution in [0.2, 0.25) is 0 Å². The summed E-state index contributed by atoms with van der Waals surface area (Å²) < 4.78 is 56.6. The van der Waals surface area contributed by atoms with Gasteiger partial charge in [0.25, 0.3) is 5.60 Å². The van der Waals surface area contributed by atoms with Gasteiger partial charge in [-0.15, -0.1) is 0 Å². The number of aryl methyl sites for hydroxylation is 1. The highest BCUT2D eigenvalue weighted by atomic mass is 19.4. The van der Waals surface area contributed by atoms with Crippen LogP contribution in [0.25, 0.3) is 17.0 Å². The molecule has 0 aliphatic carbocycles. The van der Waals surface area contributed by atoms with Gasteiger partial charge in [0.05, 0.1) is 12.2 Å². The predicted octanol–water partition coefficient (Wildman–Crippen LogP) is 4.98. The van der Waals surface area contributed by atoms with Crippen LogP contribution in [0.5, 0.6) is 5.75 Å². The first-order valence-electron chi connectivity index (χ1n) is 9.08. The minimum Gasteiger partial charge on any atom is -0.467 e. The molecule has 2 heterocycles. The number of alkyl halides is 3. The predicted molar refractivity (Wildman–Crippen MR) is 102 cm³/mol. The number of benzene rings is 2. The Hall–Kier alpha value is -3.22. The third-order valence-electron chi connectivity index (χ3n) is 5.03. The Kier molecular flexibility index (Phi) is 4.41. The zero-order valence-corrected chi connectivity index (χ0v) is 15.8. The third kappa shape index (κ3) is 2.80. The van der Waals surface area contributed by atoms with Gasteiger partial charge in [-0.2, -0.15) is 13.2 Å². The summed E-state index contributed by atoms with van der Waals surface area (Å²) in [6.45, 7) is 1.49. The molecule has 150 valence electrons. The summed E-state index contributed by atoms with van der Waals surface area (Å²) in [5.74, 6) is -1.02. The minimum atomic E-state index is -4.93. The molecule has 0 saturated carbocycles. The highest BCUT2D eigenvalue weighted by molar-refractivity contribution is 6.00. The normalized spacial score (nSPS) is 18.7. The molecule has 4 rings (SSSR count). The Morgan fingerprint density at radius 3 is 2.55 bits per heavy atom. The van der Waals surface area contributed by atoms with E-state index in [4.69, 9.17) is 9.47 Å². The van der Waals surface area contributed by atoms with E-state index in [9.17, 15) is 18.0 Å². The number of aromatic nitrogens is 1. The fourth-order valence-electron chi connectivity index (χ4n) is 3.77. The zero-order valence-electron chi connectivity index (χ0n) is 15.8. The number of fused-ring (bicyclic) bond motifs is 2. The highest BCUT2D eigenvalue weighted by Crippen LogP contribution is 2.53. The number of halogens is 3. The number of para-hydroxylation sites is 2. The SMILES string of the molecule is CCOC(=O)C1=Cc2ccccc2OC1(c1cn(C)c2ccccc12)C(F)(F)F. The molecule has 0 spiro atoms. The number of nitrogens with zero attached hydrogens (tertiary/aromatic N) is 1. The quantitative estimate of drug-likeness (QED) is 0.582. The van der Waals surface area contributed by atoms with Crippen molar-refractivity contribution in [3.05, 3.63) is 71.4 Å². The maximum absolute atomic E-state index is 14.8. The molecule has 0 saturated heterocycles. The lowest BCUT2D eigenvalue weighted by Crippen LogP contribution is -2.52. The molecule has 29 heavy (non-hydrogen) atoms. The van der Waals surface area contributed by atoms with Crippen LogP contribution in [0.3, 0.4) is 0 Å². The van der Waals surface area contributed by atoms with Gasteiger partial charge in [-0.25, -0.2) is 4.79 Å². The first-order chi connectivity index (χ1) is 13.8. The first kappa shape index (κ1) is 19.1. The molecule has 4 nitrogen and oxygen atoms in total. The second kappa shape index (κ2) is 6.69. The van der Waals surface area contributed by atoms with Crippen molar-refractivity contribution in [1.29, 1.82) is 0 Å². The Labute approximate surface area is 165 Å². The second-order valence-corrected chi connectivity index (χ2v) is 6.77. The van der Waals surface area contributed by atoms with E-state index in [-0.39, 0.29) is 17.9 Å². The number of carbonyl (C=O) groups is 1. The van der Waals surface area contributed by atoms with Crippen LogP contribution in [-0.4, -0.2) is 23.3 Å². The number of esters is 1. The zero-order chi connectivity index (χ0) is 20.8. The molecule has 1 aliphatic heterocycles. The Balaban J connectivity index is 2.09. The van der Waals surface area contributed by atoms with Crippen molar-refractivity contribution in [1.82, 2.24) is 4.57 Å². The van der Waals surface area contributed by atoms with Gasteiger partial charge in [-0.3, -0.25) is 0 Å². The van der Waals surface area contributed by atoms with Gasteiger partial charge in [0.2, 0.25) is 0 Å². The molecule has 7 heteroatoms. The molecule has 1 aliphatic rings. The van der Waals surface area contributed by atoms with Gasteiger partial charge in [0.1, 0.15) is 5.75 Å². The monoisotopic (exact) mass is 401 g/mol. The van der Waals surface area contributed by atoms with Crippen LogP contribution in [-0.2, 0) is 22.2 Å². The van der Waals surface area contributed by atoms with E-state index in [0.717, 1.165) is 0 Å². The minimum absolute atomic E-state index is 0.0470. The lowest BCUT2D eigenvalue weighted by Gasteiger charge is -2.39. The summed E-state index contributed by atoms with van der Waals surface area (Å²) in [7, 11) is 1.65. The molecule has 1 aromatic heterocycles. The van der Waals surface area contributed by atoms with Crippen molar-refractivity contribution in [2.24, 2.45) is 7.05 Å². The van der Waals surface area contributed by atoms with Gasteiger partial charge in [-0.1, -0.05) is 36.4 Å². The van der Waals surface area contributed by atoms with E-state index in [1.807, 2.05) is 0 Å². The number of hydrogen-bond acceptors (Lipinski definition) is 3. The summed E-state index contributed by atoms with van der Waals surface area (Å²) in [5.41, 5.74) is -2.76. The van der Waals surface area contributed by atoms with Gasteiger partial charge in [0.15, 0.2) is 0 Å². The average molecular weight is 401 g/mol. The lowest BCUT2D eigenvalue weighted by atomic mass is 9.81. The van der Waals surface area contributed by atoms with Crippen LogP contribution < -0.4 is 4.74 Å². The van der Waals surface area contributed by atoms with Crippen LogP contribution in [0, 0.1) is 0 Å². The summed E-state index contributed by atoms with van der Waals surface area (Å²) in [5, 5.41) is 0.349.